The number of halogens is 1. The van der Waals surface area contributed by atoms with E-state index in [0.29, 0.717) is 5.69 Å². The molecule has 0 saturated heterocycles. The van der Waals surface area contributed by atoms with Crippen molar-refractivity contribution in [3.8, 4) is 0 Å². The molecule has 0 saturated carbocycles. The summed E-state index contributed by atoms with van der Waals surface area (Å²) in [5, 5.41) is 0. The Morgan fingerprint density at radius 1 is 1.00 bits per heavy atom. The van der Waals surface area contributed by atoms with Gasteiger partial charge in [-0.05, 0) is 59.2 Å². The number of imide groups is 1. The summed E-state index contributed by atoms with van der Waals surface area (Å²) in [7, 11) is 0. The number of anilines is 1. The van der Waals surface area contributed by atoms with E-state index in [4.69, 9.17) is 9.47 Å². The molecule has 1 aromatic rings. The molecule has 0 aliphatic rings. The van der Waals surface area contributed by atoms with Crippen molar-refractivity contribution >= 4 is 40.5 Å². The molecule has 0 heterocycles. The highest BCUT2D eigenvalue weighted by atomic mass is 127. The smallest absolute Gasteiger partial charge is 0.424 e. The largest absolute Gasteiger partial charge is 0.443 e. The van der Waals surface area contributed by atoms with E-state index in [9.17, 15) is 9.59 Å². The molecule has 6 heteroatoms. The summed E-state index contributed by atoms with van der Waals surface area (Å²) < 4.78 is 11.5. The predicted octanol–water partition coefficient (Wildman–Crippen LogP) is 5.30. The minimum absolute atomic E-state index is 0.433. The second-order valence-electron chi connectivity index (χ2n) is 7.10. The summed E-state index contributed by atoms with van der Waals surface area (Å²) in [6.07, 6.45) is -1.50. The van der Waals surface area contributed by atoms with Gasteiger partial charge in [0.2, 0.25) is 0 Å². The Labute approximate surface area is 151 Å². The van der Waals surface area contributed by atoms with Crippen LogP contribution < -0.4 is 4.90 Å². The highest BCUT2D eigenvalue weighted by Gasteiger charge is 2.32. The normalized spacial score (nSPS) is 11.8. The van der Waals surface area contributed by atoms with Gasteiger partial charge < -0.3 is 9.47 Å². The van der Waals surface area contributed by atoms with Crippen LogP contribution in [0.4, 0.5) is 15.3 Å². The van der Waals surface area contributed by atoms with Crippen LogP contribution in [0.25, 0.3) is 0 Å². The fourth-order valence-electron chi connectivity index (χ4n) is 1.68. The van der Waals surface area contributed by atoms with Crippen molar-refractivity contribution in [2.45, 2.75) is 57.2 Å². The fourth-order valence-corrected chi connectivity index (χ4v) is 2.15. The van der Waals surface area contributed by atoms with Crippen molar-refractivity contribution in [2.75, 3.05) is 4.90 Å². The summed E-state index contributed by atoms with van der Waals surface area (Å²) in [5.41, 5.74) is 0.0130. The zero-order chi connectivity index (χ0) is 17.8. The maximum absolute atomic E-state index is 12.5. The summed E-state index contributed by atoms with van der Waals surface area (Å²) >= 11 is 2.22. The van der Waals surface area contributed by atoms with Crippen LogP contribution in [0.15, 0.2) is 24.3 Å². The lowest BCUT2D eigenvalue weighted by Gasteiger charge is -2.28. The first-order valence-electron chi connectivity index (χ1n) is 7.34. The molecular formula is C17H24INO4. The van der Waals surface area contributed by atoms with Crippen molar-refractivity contribution < 1.29 is 19.1 Å². The first-order valence-corrected chi connectivity index (χ1v) is 8.86. The fraction of sp³-hybridized carbons (Fsp3) is 0.529. The maximum atomic E-state index is 12.5. The van der Waals surface area contributed by atoms with E-state index in [1.54, 1.807) is 59.7 Å². The van der Waals surface area contributed by atoms with Crippen LogP contribution in [0.1, 0.15) is 47.1 Å². The van der Waals surface area contributed by atoms with Gasteiger partial charge in [0.1, 0.15) is 11.2 Å². The molecule has 0 bridgehead atoms. The number of benzene rings is 1. The Kier molecular flexibility index (Phi) is 6.44. The Morgan fingerprint density at radius 2 is 1.48 bits per heavy atom. The number of hydrogen-bond donors (Lipinski definition) is 0. The van der Waals surface area contributed by atoms with Crippen LogP contribution >= 0.6 is 22.6 Å². The monoisotopic (exact) mass is 433 g/mol. The number of carbonyl (C=O) groups is 2. The zero-order valence-electron chi connectivity index (χ0n) is 14.5. The first kappa shape index (κ1) is 19.7. The SMILES string of the molecule is CC(C)(C)OC(=O)N(C(=O)OC(C)(C)C)c1cccc(CI)c1. The van der Waals surface area contributed by atoms with Gasteiger partial charge in [-0.2, -0.15) is 4.90 Å². The molecule has 2 amide bonds. The van der Waals surface area contributed by atoms with Gasteiger partial charge in [-0.15, -0.1) is 0 Å². The van der Waals surface area contributed by atoms with E-state index >= 15 is 0 Å². The summed E-state index contributed by atoms with van der Waals surface area (Å²) in [5.74, 6) is 0. The van der Waals surface area contributed by atoms with Crippen molar-refractivity contribution in [1.29, 1.82) is 0 Å². The Hall–Kier alpha value is -1.31. The molecule has 0 radical (unpaired) electrons. The number of hydrogen-bond acceptors (Lipinski definition) is 4. The van der Waals surface area contributed by atoms with E-state index in [0.717, 1.165) is 14.9 Å². The quantitative estimate of drug-likeness (QED) is 0.469. The third kappa shape index (κ3) is 6.76. The molecule has 1 aromatic carbocycles. The second kappa shape index (κ2) is 7.51. The molecule has 0 aliphatic heterocycles. The highest BCUT2D eigenvalue weighted by Crippen LogP contribution is 2.23. The molecular weight excluding hydrogens is 409 g/mol. The van der Waals surface area contributed by atoms with Crippen molar-refractivity contribution in [3.63, 3.8) is 0 Å². The van der Waals surface area contributed by atoms with Crippen LogP contribution in [0.5, 0.6) is 0 Å². The Balaban J connectivity index is 3.19. The van der Waals surface area contributed by atoms with Crippen molar-refractivity contribution in [2.24, 2.45) is 0 Å². The third-order valence-corrected chi connectivity index (χ3v) is 3.36. The standard InChI is InChI=1S/C17H24INO4/c1-16(2,3)22-14(20)19(15(21)23-17(4,5)6)13-9-7-8-12(10-13)11-18/h7-10H,11H2,1-6H3. The lowest BCUT2D eigenvalue weighted by Crippen LogP contribution is -2.43. The highest BCUT2D eigenvalue weighted by molar-refractivity contribution is 14.1. The average Bonchev–Trinajstić information content (AvgIpc) is 2.34. The molecule has 0 aromatic heterocycles. The van der Waals surface area contributed by atoms with Gasteiger partial charge in [0.15, 0.2) is 0 Å². The summed E-state index contributed by atoms with van der Waals surface area (Å²) in [4.78, 5) is 25.9. The van der Waals surface area contributed by atoms with Crippen LogP contribution in [-0.4, -0.2) is 23.4 Å². The van der Waals surface area contributed by atoms with Crippen molar-refractivity contribution in [1.82, 2.24) is 0 Å². The van der Waals surface area contributed by atoms with Gasteiger partial charge in [-0.1, -0.05) is 34.7 Å². The maximum Gasteiger partial charge on any atom is 0.424 e. The summed E-state index contributed by atoms with van der Waals surface area (Å²) in [6, 6.07) is 7.19. The lowest BCUT2D eigenvalue weighted by molar-refractivity contribution is 0.0431. The molecule has 5 nitrogen and oxygen atoms in total. The van der Waals surface area contributed by atoms with Crippen LogP contribution in [0.3, 0.4) is 0 Å². The average molecular weight is 433 g/mol. The molecule has 0 N–H and O–H groups in total. The minimum atomic E-state index is -0.752. The van der Waals surface area contributed by atoms with E-state index < -0.39 is 23.4 Å². The predicted molar refractivity (Wildman–Crippen MR) is 99.1 cm³/mol. The van der Waals surface area contributed by atoms with E-state index in [-0.39, 0.29) is 0 Å². The Bertz CT molecular complexity index is 545. The molecule has 128 valence electrons. The topological polar surface area (TPSA) is 55.8 Å². The number of alkyl halides is 1. The van der Waals surface area contributed by atoms with Crippen molar-refractivity contribution in [3.05, 3.63) is 29.8 Å². The molecule has 0 aliphatic carbocycles. The Morgan fingerprint density at radius 3 is 1.87 bits per heavy atom. The van der Waals surface area contributed by atoms with Gasteiger partial charge in [0, 0.05) is 4.43 Å². The number of nitrogens with zero attached hydrogens (tertiary/aromatic N) is 1. The van der Waals surface area contributed by atoms with Crippen LogP contribution in [0, 0.1) is 0 Å². The summed E-state index contributed by atoms with van der Waals surface area (Å²) in [6.45, 7) is 10.5. The van der Waals surface area contributed by atoms with E-state index in [2.05, 4.69) is 22.6 Å². The van der Waals surface area contributed by atoms with Gasteiger partial charge in [0.05, 0.1) is 5.69 Å². The molecule has 1 rings (SSSR count). The number of ether oxygens (including phenoxy) is 2. The molecule has 0 atom stereocenters. The van der Waals surface area contributed by atoms with Gasteiger partial charge in [-0.3, -0.25) is 0 Å². The third-order valence-electron chi connectivity index (χ3n) is 2.48. The molecule has 0 spiro atoms. The molecule has 0 fully saturated rings. The zero-order valence-corrected chi connectivity index (χ0v) is 16.6. The minimum Gasteiger partial charge on any atom is -0.443 e. The van der Waals surface area contributed by atoms with Crippen LogP contribution in [-0.2, 0) is 13.9 Å². The first-order chi connectivity index (χ1) is 10.4. The number of carbonyl (C=O) groups excluding carboxylic acids is 2. The van der Waals surface area contributed by atoms with Gasteiger partial charge in [0.25, 0.3) is 0 Å². The van der Waals surface area contributed by atoms with Gasteiger partial charge in [-0.25, -0.2) is 9.59 Å². The van der Waals surface area contributed by atoms with Crippen LogP contribution in [0.2, 0.25) is 0 Å². The molecule has 23 heavy (non-hydrogen) atoms. The number of amides is 2. The second-order valence-corrected chi connectivity index (χ2v) is 7.86. The van der Waals surface area contributed by atoms with E-state index in [1.165, 1.54) is 0 Å². The molecule has 0 unspecified atom stereocenters. The van der Waals surface area contributed by atoms with Gasteiger partial charge >= 0.3 is 12.2 Å². The lowest BCUT2D eigenvalue weighted by atomic mass is 10.2. The van der Waals surface area contributed by atoms with E-state index in [1.807, 2.05) is 6.07 Å². The number of rotatable bonds is 2.